The molecular formula is C13H17NO3. The maximum absolute atomic E-state index is 5.58. The molecule has 1 aromatic carbocycles. The Morgan fingerprint density at radius 3 is 3.06 bits per heavy atom. The lowest BCUT2D eigenvalue weighted by molar-refractivity contribution is 0.172. The van der Waals surface area contributed by atoms with Crippen molar-refractivity contribution in [1.29, 1.82) is 0 Å². The zero-order valence-electron chi connectivity index (χ0n) is 9.99. The fraction of sp³-hybridized carbons (Fsp3) is 0.538. The van der Waals surface area contributed by atoms with Gasteiger partial charge in [0, 0.05) is 24.1 Å². The van der Waals surface area contributed by atoms with Gasteiger partial charge in [-0.05, 0) is 25.5 Å². The average molecular weight is 235 g/mol. The topological polar surface area (TPSA) is 39.7 Å². The molecule has 3 rings (SSSR count). The molecule has 0 radical (unpaired) electrons. The Balaban J connectivity index is 1.98. The summed E-state index contributed by atoms with van der Waals surface area (Å²) in [6.07, 6.45) is 2.40. The molecule has 92 valence electrons. The van der Waals surface area contributed by atoms with Crippen LogP contribution < -0.4 is 19.5 Å². The van der Waals surface area contributed by atoms with Crippen LogP contribution in [0.2, 0.25) is 0 Å². The molecule has 1 fully saturated rings. The van der Waals surface area contributed by atoms with Gasteiger partial charge in [0.1, 0.15) is 5.75 Å². The van der Waals surface area contributed by atoms with Crippen LogP contribution in [0.15, 0.2) is 12.1 Å². The predicted molar refractivity (Wildman–Crippen MR) is 64.0 cm³/mol. The van der Waals surface area contributed by atoms with Crippen LogP contribution in [0.3, 0.4) is 0 Å². The lowest BCUT2D eigenvalue weighted by Crippen LogP contribution is -2.28. The molecule has 4 heteroatoms. The Hall–Kier alpha value is -1.42. The van der Waals surface area contributed by atoms with Crippen molar-refractivity contribution < 1.29 is 14.2 Å². The van der Waals surface area contributed by atoms with Crippen molar-refractivity contribution in [3.63, 3.8) is 0 Å². The first kappa shape index (κ1) is 10.7. The van der Waals surface area contributed by atoms with Crippen LogP contribution in [0.5, 0.6) is 17.2 Å². The molecule has 0 amide bonds. The van der Waals surface area contributed by atoms with Gasteiger partial charge in [-0.15, -0.1) is 0 Å². The molecule has 1 atom stereocenters. The number of methoxy groups -OCH3 is 1. The van der Waals surface area contributed by atoms with Crippen LogP contribution in [-0.4, -0.2) is 27.0 Å². The third-order valence-corrected chi connectivity index (χ3v) is 3.45. The summed E-state index contributed by atoms with van der Waals surface area (Å²) in [4.78, 5) is 0. The monoisotopic (exact) mass is 235 g/mol. The Morgan fingerprint density at radius 1 is 1.35 bits per heavy atom. The molecular weight excluding hydrogens is 218 g/mol. The molecule has 0 saturated carbocycles. The molecule has 2 heterocycles. The van der Waals surface area contributed by atoms with Crippen LogP contribution in [0.1, 0.15) is 24.3 Å². The number of hydrogen-bond acceptors (Lipinski definition) is 4. The molecule has 0 spiro atoms. The summed E-state index contributed by atoms with van der Waals surface area (Å²) in [6, 6.07) is 3.97. The highest BCUT2D eigenvalue weighted by Crippen LogP contribution is 2.43. The highest BCUT2D eigenvalue weighted by Gasteiger charge is 2.26. The van der Waals surface area contributed by atoms with Gasteiger partial charge in [0.15, 0.2) is 11.5 Å². The van der Waals surface area contributed by atoms with Crippen LogP contribution in [0.4, 0.5) is 0 Å². The first-order valence-electron chi connectivity index (χ1n) is 6.06. The molecule has 1 N–H and O–H groups in total. The highest BCUT2D eigenvalue weighted by molar-refractivity contribution is 5.54. The minimum Gasteiger partial charge on any atom is -0.497 e. The summed E-state index contributed by atoms with van der Waals surface area (Å²) in [5.41, 5.74) is 1.21. The van der Waals surface area contributed by atoms with E-state index >= 15 is 0 Å². The van der Waals surface area contributed by atoms with Gasteiger partial charge in [-0.1, -0.05) is 0 Å². The maximum Gasteiger partial charge on any atom is 0.231 e. The third kappa shape index (κ3) is 1.93. The number of piperidine rings is 1. The minimum atomic E-state index is 0.315. The lowest BCUT2D eigenvalue weighted by Gasteiger charge is -2.24. The molecule has 0 bridgehead atoms. The average Bonchev–Trinajstić information content (AvgIpc) is 2.86. The number of benzene rings is 1. The fourth-order valence-electron chi connectivity index (χ4n) is 2.55. The molecule has 1 unspecified atom stereocenters. The van der Waals surface area contributed by atoms with Gasteiger partial charge in [0.2, 0.25) is 6.79 Å². The van der Waals surface area contributed by atoms with Crippen LogP contribution in [-0.2, 0) is 0 Å². The SMILES string of the molecule is COc1cc2c(c(C3CCCNC3)c1)OCO2. The van der Waals surface area contributed by atoms with Gasteiger partial charge in [0.05, 0.1) is 7.11 Å². The molecule has 17 heavy (non-hydrogen) atoms. The second kappa shape index (κ2) is 4.45. The number of nitrogens with one attached hydrogen (secondary N) is 1. The summed E-state index contributed by atoms with van der Waals surface area (Å²) in [5.74, 6) is 3.05. The maximum atomic E-state index is 5.58. The van der Waals surface area contributed by atoms with Gasteiger partial charge in [-0.25, -0.2) is 0 Å². The van der Waals surface area contributed by atoms with E-state index in [9.17, 15) is 0 Å². The number of fused-ring (bicyclic) bond motifs is 1. The van der Waals surface area contributed by atoms with Crippen molar-refractivity contribution in [2.75, 3.05) is 27.0 Å². The number of hydrogen-bond donors (Lipinski definition) is 1. The van der Waals surface area contributed by atoms with Crippen molar-refractivity contribution in [3.05, 3.63) is 17.7 Å². The van der Waals surface area contributed by atoms with Crippen LogP contribution in [0.25, 0.3) is 0 Å². The first-order chi connectivity index (χ1) is 8.38. The number of ether oxygens (including phenoxy) is 3. The van der Waals surface area contributed by atoms with Gasteiger partial charge in [-0.2, -0.15) is 0 Å². The fourth-order valence-corrected chi connectivity index (χ4v) is 2.55. The molecule has 4 nitrogen and oxygen atoms in total. The zero-order chi connectivity index (χ0) is 11.7. The molecule has 2 aliphatic heterocycles. The summed E-state index contributed by atoms with van der Waals surface area (Å²) in [5, 5.41) is 3.42. The Morgan fingerprint density at radius 2 is 2.29 bits per heavy atom. The van der Waals surface area contributed by atoms with Crippen molar-refractivity contribution in [2.24, 2.45) is 0 Å². The first-order valence-corrected chi connectivity index (χ1v) is 6.06. The molecule has 1 aromatic rings. The van der Waals surface area contributed by atoms with Gasteiger partial charge in [-0.3, -0.25) is 0 Å². The van der Waals surface area contributed by atoms with Crippen LogP contribution >= 0.6 is 0 Å². The molecule has 0 aliphatic carbocycles. The normalized spacial score (nSPS) is 22.5. The van der Waals surface area contributed by atoms with Crippen molar-refractivity contribution in [3.8, 4) is 17.2 Å². The standard InChI is InChI=1S/C13H17NO3/c1-15-10-5-11(9-3-2-4-14-7-9)13-12(6-10)16-8-17-13/h5-6,9,14H,2-4,7-8H2,1H3. The molecule has 2 aliphatic rings. The summed E-state index contributed by atoms with van der Waals surface area (Å²) in [6.45, 7) is 2.43. The molecule has 1 saturated heterocycles. The third-order valence-electron chi connectivity index (χ3n) is 3.45. The zero-order valence-corrected chi connectivity index (χ0v) is 9.99. The van der Waals surface area contributed by atoms with E-state index in [0.29, 0.717) is 12.7 Å². The lowest BCUT2D eigenvalue weighted by atomic mass is 9.90. The second-order valence-corrected chi connectivity index (χ2v) is 4.49. The summed E-state index contributed by atoms with van der Waals surface area (Å²) < 4.78 is 16.3. The van der Waals surface area contributed by atoms with E-state index in [4.69, 9.17) is 14.2 Å². The predicted octanol–water partition coefficient (Wildman–Crippen LogP) is 1.89. The van der Waals surface area contributed by atoms with Crippen molar-refractivity contribution in [2.45, 2.75) is 18.8 Å². The minimum absolute atomic E-state index is 0.315. The van der Waals surface area contributed by atoms with Crippen LogP contribution in [0, 0.1) is 0 Å². The summed E-state index contributed by atoms with van der Waals surface area (Å²) in [7, 11) is 1.68. The van der Waals surface area contributed by atoms with E-state index in [0.717, 1.165) is 30.3 Å². The van der Waals surface area contributed by atoms with Gasteiger partial charge >= 0.3 is 0 Å². The van der Waals surface area contributed by atoms with Gasteiger partial charge < -0.3 is 19.5 Å². The van der Waals surface area contributed by atoms with Crippen molar-refractivity contribution >= 4 is 0 Å². The Bertz CT molecular complexity index is 413. The highest BCUT2D eigenvalue weighted by atomic mass is 16.7. The quantitative estimate of drug-likeness (QED) is 0.849. The van der Waals surface area contributed by atoms with E-state index < -0.39 is 0 Å². The second-order valence-electron chi connectivity index (χ2n) is 4.49. The van der Waals surface area contributed by atoms with E-state index in [1.165, 1.54) is 18.4 Å². The Kier molecular flexibility index (Phi) is 2.81. The van der Waals surface area contributed by atoms with Gasteiger partial charge in [0.25, 0.3) is 0 Å². The van der Waals surface area contributed by atoms with E-state index in [2.05, 4.69) is 11.4 Å². The van der Waals surface area contributed by atoms with E-state index in [-0.39, 0.29) is 0 Å². The summed E-state index contributed by atoms with van der Waals surface area (Å²) >= 11 is 0. The van der Waals surface area contributed by atoms with E-state index in [1.54, 1.807) is 7.11 Å². The van der Waals surface area contributed by atoms with E-state index in [1.807, 2.05) is 6.07 Å². The number of rotatable bonds is 2. The Labute approximate surface area is 101 Å². The van der Waals surface area contributed by atoms with Crippen molar-refractivity contribution in [1.82, 2.24) is 5.32 Å². The largest absolute Gasteiger partial charge is 0.497 e. The smallest absolute Gasteiger partial charge is 0.231 e. The molecule has 0 aromatic heterocycles.